The van der Waals surface area contributed by atoms with Crippen LogP contribution in [0.5, 0.6) is 11.5 Å². The summed E-state index contributed by atoms with van der Waals surface area (Å²) in [7, 11) is 1.56. The van der Waals surface area contributed by atoms with E-state index in [2.05, 4.69) is 10.3 Å². The lowest BCUT2D eigenvalue weighted by atomic mass is 10.1. The van der Waals surface area contributed by atoms with Gasteiger partial charge in [0.15, 0.2) is 0 Å². The number of benzene rings is 3. The Hall–Kier alpha value is -4.13. The molecule has 0 radical (unpaired) electrons. The first-order valence-electron chi connectivity index (χ1n) is 9.51. The monoisotopic (exact) mass is 418 g/mol. The van der Waals surface area contributed by atoms with Crippen LogP contribution in [0.4, 0.5) is 10.3 Å². The van der Waals surface area contributed by atoms with E-state index in [1.807, 2.05) is 42.5 Å². The molecule has 4 rings (SSSR count). The lowest BCUT2D eigenvalue weighted by molar-refractivity contribution is -0.115. The first kappa shape index (κ1) is 20.2. The van der Waals surface area contributed by atoms with Crippen molar-refractivity contribution >= 4 is 11.8 Å². The van der Waals surface area contributed by atoms with Gasteiger partial charge in [-0.2, -0.15) is 0 Å². The van der Waals surface area contributed by atoms with E-state index in [4.69, 9.17) is 9.15 Å². The molecule has 0 unspecified atom stereocenters. The average Bonchev–Trinajstić information content (AvgIpc) is 3.20. The van der Waals surface area contributed by atoms with E-state index in [1.54, 1.807) is 19.2 Å². The number of carbonyl (C=O) groups is 1. The largest absolute Gasteiger partial charge is 0.508 e. The van der Waals surface area contributed by atoms with E-state index in [0.717, 1.165) is 11.6 Å². The van der Waals surface area contributed by atoms with Crippen LogP contribution in [0.2, 0.25) is 0 Å². The fourth-order valence-corrected chi connectivity index (χ4v) is 3.11. The number of nitrogens with one attached hydrogen (secondary N) is 1. The number of aromatic hydroxyl groups is 1. The molecule has 2 N–H and O–H groups in total. The number of carbonyl (C=O) groups excluding carboxylic acids is 1. The quantitative estimate of drug-likeness (QED) is 0.458. The summed E-state index contributed by atoms with van der Waals surface area (Å²) >= 11 is 0. The van der Waals surface area contributed by atoms with Crippen LogP contribution < -0.4 is 10.1 Å². The van der Waals surface area contributed by atoms with Gasteiger partial charge >= 0.3 is 0 Å². The molecule has 0 aliphatic rings. The van der Waals surface area contributed by atoms with Crippen LogP contribution in [0.25, 0.3) is 22.7 Å². The molecule has 0 saturated carbocycles. The van der Waals surface area contributed by atoms with Crippen molar-refractivity contribution in [1.29, 1.82) is 0 Å². The number of nitrogens with zero attached hydrogens (tertiary/aromatic N) is 1. The zero-order valence-corrected chi connectivity index (χ0v) is 16.6. The number of hydrogen-bond acceptors (Lipinski definition) is 5. The van der Waals surface area contributed by atoms with Crippen LogP contribution in [0.1, 0.15) is 5.56 Å². The molecule has 1 amide bonds. The lowest BCUT2D eigenvalue weighted by Gasteiger charge is -2.07. The molecule has 1 aromatic heterocycles. The number of phenolic OH excluding ortho intramolecular Hbond substituents is 1. The minimum absolute atomic E-state index is 0.162. The maximum atomic E-state index is 13.2. The minimum atomic E-state index is -0.579. The molecule has 0 fully saturated rings. The van der Waals surface area contributed by atoms with Gasteiger partial charge in [-0.25, -0.2) is 9.37 Å². The molecule has 31 heavy (non-hydrogen) atoms. The minimum Gasteiger partial charge on any atom is -0.508 e. The topological polar surface area (TPSA) is 84.6 Å². The van der Waals surface area contributed by atoms with Gasteiger partial charge < -0.3 is 14.3 Å². The summed E-state index contributed by atoms with van der Waals surface area (Å²) in [6.45, 7) is 0. The summed E-state index contributed by atoms with van der Waals surface area (Å²) in [6.07, 6.45) is -0.162. The maximum Gasteiger partial charge on any atom is 0.231 e. The SMILES string of the molecule is COc1cccc(-c2nc(-c3ccccc3)oc2NC(=O)Cc2ccc(F)cc2O)c1. The molecule has 0 spiro atoms. The first-order chi connectivity index (χ1) is 15.0. The smallest absolute Gasteiger partial charge is 0.231 e. The van der Waals surface area contributed by atoms with Crippen LogP contribution in [-0.2, 0) is 11.2 Å². The number of hydrogen-bond donors (Lipinski definition) is 2. The molecule has 0 atom stereocenters. The number of oxazole rings is 1. The van der Waals surface area contributed by atoms with Gasteiger partial charge in [-0.3, -0.25) is 10.1 Å². The third-order valence-corrected chi connectivity index (χ3v) is 4.64. The van der Waals surface area contributed by atoms with Crippen molar-refractivity contribution in [2.45, 2.75) is 6.42 Å². The third-order valence-electron chi connectivity index (χ3n) is 4.64. The standard InChI is InChI=1S/C24H19FN2O4/c1-30-19-9-5-8-17(12-19)22-24(31-23(27-22)15-6-3-2-4-7-15)26-21(29)13-16-10-11-18(25)14-20(16)28/h2-12,14,28H,13H2,1H3,(H,26,29). The molecule has 3 aromatic carbocycles. The van der Waals surface area contributed by atoms with Crippen molar-refractivity contribution < 1.29 is 23.4 Å². The van der Waals surface area contributed by atoms with Crippen molar-refractivity contribution in [2.24, 2.45) is 0 Å². The number of amides is 1. The second-order valence-electron chi connectivity index (χ2n) is 6.79. The molecular weight excluding hydrogens is 399 g/mol. The van der Waals surface area contributed by atoms with E-state index in [-0.39, 0.29) is 18.1 Å². The molecule has 6 nitrogen and oxygen atoms in total. The Morgan fingerprint density at radius 1 is 1.06 bits per heavy atom. The van der Waals surface area contributed by atoms with Crippen molar-refractivity contribution in [3.63, 3.8) is 0 Å². The normalized spacial score (nSPS) is 10.6. The Balaban J connectivity index is 1.67. The van der Waals surface area contributed by atoms with Crippen LogP contribution >= 0.6 is 0 Å². The van der Waals surface area contributed by atoms with Crippen molar-refractivity contribution in [1.82, 2.24) is 4.98 Å². The van der Waals surface area contributed by atoms with E-state index in [9.17, 15) is 14.3 Å². The highest BCUT2D eigenvalue weighted by molar-refractivity contribution is 5.94. The van der Waals surface area contributed by atoms with Gasteiger partial charge in [-0.15, -0.1) is 0 Å². The van der Waals surface area contributed by atoms with Crippen LogP contribution in [0.3, 0.4) is 0 Å². The Morgan fingerprint density at radius 2 is 1.84 bits per heavy atom. The molecule has 0 aliphatic heterocycles. The highest BCUT2D eigenvalue weighted by Crippen LogP contribution is 2.34. The van der Waals surface area contributed by atoms with Crippen LogP contribution in [0, 0.1) is 5.82 Å². The van der Waals surface area contributed by atoms with Gasteiger partial charge in [0.2, 0.25) is 17.7 Å². The van der Waals surface area contributed by atoms with Gasteiger partial charge in [0, 0.05) is 22.8 Å². The van der Waals surface area contributed by atoms with E-state index in [1.165, 1.54) is 12.1 Å². The van der Waals surface area contributed by atoms with Crippen LogP contribution in [0.15, 0.2) is 77.2 Å². The second-order valence-corrected chi connectivity index (χ2v) is 6.79. The van der Waals surface area contributed by atoms with Crippen LogP contribution in [-0.4, -0.2) is 23.1 Å². The van der Waals surface area contributed by atoms with Gasteiger partial charge in [0.25, 0.3) is 0 Å². The molecule has 7 heteroatoms. The molecule has 0 bridgehead atoms. The van der Waals surface area contributed by atoms with E-state index < -0.39 is 11.7 Å². The molecular formula is C24H19FN2O4. The number of aromatic nitrogens is 1. The lowest BCUT2D eigenvalue weighted by Crippen LogP contribution is -2.14. The predicted octanol–water partition coefficient (Wildman–Crippen LogP) is 5.04. The number of methoxy groups -OCH3 is 1. The Bertz CT molecular complexity index is 1220. The predicted molar refractivity (Wildman–Crippen MR) is 114 cm³/mol. The van der Waals surface area contributed by atoms with Gasteiger partial charge in [0.05, 0.1) is 13.5 Å². The van der Waals surface area contributed by atoms with Gasteiger partial charge in [-0.1, -0.05) is 36.4 Å². The molecule has 0 aliphatic carbocycles. The number of phenols is 1. The summed E-state index contributed by atoms with van der Waals surface area (Å²) in [5, 5.41) is 12.6. The second kappa shape index (κ2) is 8.71. The number of anilines is 1. The molecule has 1 heterocycles. The summed E-state index contributed by atoms with van der Waals surface area (Å²) < 4.78 is 24.4. The highest BCUT2D eigenvalue weighted by Gasteiger charge is 2.20. The fourth-order valence-electron chi connectivity index (χ4n) is 3.11. The van der Waals surface area contributed by atoms with E-state index in [0.29, 0.717) is 28.5 Å². The zero-order chi connectivity index (χ0) is 21.8. The Labute approximate surface area is 177 Å². The van der Waals surface area contributed by atoms with Crippen molar-refractivity contribution in [3.8, 4) is 34.2 Å². The Kier molecular flexibility index (Phi) is 5.66. The molecule has 156 valence electrons. The summed E-state index contributed by atoms with van der Waals surface area (Å²) in [5.41, 5.74) is 2.19. The summed E-state index contributed by atoms with van der Waals surface area (Å²) in [4.78, 5) is 17.2. The summed E-state index contributed by atoms with van der Waals surface area (Å²) in [5.74, 6) is -0.162. The van der Waals surface area contributed by atoms with Crippen molar-refractivity contribution in [2.75, 3.05) is 12.4 Å². The van der Waals surface area contributed by atoms with E-state index >= 15 is 0 Å². The van der Waals surface area contributed by atoms with Crippen molar-refractivity contribution in [3.05, 3.63) is 84.2 Å². The first-order valence-corrected chi connectivity index (χ1v) is 9.51. The summed E-state index contributed by atoms with van der Waals surface area (Å²) in [6, 6.07) is 20.1. The fraction of sp³-hybridized carbons (Fsp3) is 0.0833. The number of rotatable bonds is 6. The highest BCUT2D eigenvalue weighted by atomic mass is 19.1. The maximum absolute atomic E-state index is 13.2. The molecule has 0 saturated heterocycles. The number of ether oxygens (including phenoxy) is 1. The zero-order valence-electron chi connectivity index (χ0n) is 16.6. The number of halogens is 1. The molecule has 4 aromatic rings. The Morgan fingerprint density at radius 3 is 2.58 bits per heavy atom. The van der Waals surface area contributed by atoms with Gasteiger partial charge in [-0.05, 0) is 30.3 Å². The average molecular weight is 418 g/mol. The third kappa shape index (κ3) is 4.56. The van der Waals surface area contributed by atoms with Gasteiger partial charge in [0.1, 0.15) is 23.0 Å².